The lowest BCUT2D eigenvalue weighted by atomic mass is 9.63. The molecule has 70 heavy (non-hydrogen) atoms. The maximum absolute atomic E-state index is 9.60. The maximum atomic E-state index is 9.60. The number of para-hydroxylation sites is 1. The van der Waals surface area contributed by atoms with Crippen LogP contribution in [0.5, 0.6) is 11.5 Å². The van der Waals surface area contributed by atoms with Crippen LogP contribution in [0.4, 0.5) is 0 Å². The molecule has 0 amide bonds. The zero-order chi connectivity index (χ0) is 46.6. The summed E-state index contributed by atoms with van der Waals surface area (Å²) in [6, 6.07) is 87.1. The first-order valence-corrected chi connectivity index (χ1v) is 23.5. The highest BCUT2D eigenvalue weighted by Gasteiger charge is 2.45. The molecule has 11 aromatic carbocycles. The molecule has 0 saturated carbocycles. The van der Waals surface area contributed by atoms with Gasteiger partial charge in [-0.05, 0) is 126 Å². The van der Waals surface area contributed by atoms with Crippen molar-refractivity contribution in [2.45, 2.75) is 5.41 Å². The van der Waals surface area contributed by atoms with E-state index < -0.39 is 5.41 Å². The lowest BCUT2D eigenvalue weighted by molar-refractivity contribution is 0.434. The van der Waals surface area contributed by atoms with E-state index in [2.05, 4.69) is 218 Å². The Labute approximate surface area is 405 Å². The van der Waals surface area contributed by atoms with Gasteiger partial charge in [-0.25, -0.2) is 15.0 Å². The molecule has 13 rings (SSSR count). The number of ether oxygens (including phenoxy) is 1. The van der Waals surface area contributed by atoms with Crippen LogP contribution in [0.15, 0.2) is 243 Å². The zero-order valence-electron chi connectivity index (χ0n) is 37.8. The van der Waals surface area contributed by atoms with Gasteiger partial charge in [0.2, 0.25) is 0 Å². The molecule has 12 aromatic rings. The van der Waals surface area contributed by atoms with Crippen molar-refractivity contribution in [3.05, 3.63) is 270 Å². The minimum Gasteiger partial charge on any atom is -0.457 e. The van der Waals surface area contributed by atoms with Gasteiger partial charge in [0.1, 0.15) is 11.5 Å². The Balaban J connectivity index is 0.926. The van der Waals surface area contributed by atoms with Gasteiger partial charge in [-0.3, -0.25) is 0 Å². The van der Waals surface area contributed by atoms with Crippen LogP contribution in [0, 0.1) is 11.3 Å². The Hall–Kier alpha value is -9.50. The highest BCUT2D eigenvalue weighted by Crippen LogP contribution is 2.56. The van der Waals surface area contributed by atoms with Gasteiger partial charge in [-0.1, -0.05) is 182 Å². The van der Waals surface area contributed by atoms with E-state index in [0.717, 1.165) is 67.0 Å². The fourth-order valence-corrected chi connectivity index (χ4v) is 10.6. The SMILES string of the molecule is N#Cc1ccc(-c2nc(-c3cccc(-c4cccc(-c5ccc6c(c5)C(c5ccccc5)(c5ccccc5)c5ccccc5O6)c4)c3)nc(-c3ccc4c5ccccc5c5ccccc5c4c3)n2)cc1. The highest BCUT2D eigenvalue weighted by atomic mass is 16.5. The van der Waals surface area contributed by atoms with Crippen LogP contribution in [0.3, 0.4) is 0 Å². The van der Waals surface area contributed by atoms with Gasteiger partial charge >= 0.3 is 0 Å². The lowest BCUT2D eigenvalue weighted by Crippen LogP contribution is -2.34. The summed E-state index contributed by atoms with van der Waals surface area (Å²) in [5, 5.41) is 16.7. The Morgan fingerprint density at radius 1 is 0.314 bits per heavy atom. The van der Waals surface area contributed by atoms with Gasteiger partial charge < -0.3 is 4.74 Å². The molecule has 0 fully saturated rings. The van der Waals surface area contributed by atoms with E-state index in [1.807, 2.05) is 18.2 Å². The second-order valence-electron chi connectivity index (χ2n) is 17.8. The number of fused-ring (bicyclic) bond motifs is 8. The largest absolute Gasteiger partial charge is 0.457 e. The van der Waals surface area contributed by atoms with Crippen LogP contribution in [0.2, 0.25) is 0 Å². The van der Waals surface area contributed by atoms with Crippen LogP contribution in [-0.2, 0) is 5.41 Å². The number of nitrogens with zero attached hydrogens (tertiary/aromatic N) is 4. The molecule has 326 valence electrons. The van der Waals surface area contributed by atoms with Crippen LogP contribution in [0.1, 0.15) is 27.8 Å². The normalized spacial score (nSPS) is 12.5. The van der Waals surface area contributed by atoms with Gasteiger partial charge in [0.15, 0.2) is 17.5 Å². The highest BCUT2D eigenvalue weighted by molar-refractivity contribution is 6.25. The van der Waals surface area contributed by atoms with Crippen molar-refractivity contribution in [1.29, 1.82) is 5.26 Å². The third-order valence-electron chi connectivity index (χ3n) is 13.9. The van der Waals surface area contributed by atoms with Crippen LogP contribution in [0.25, 0.3) is 88.7 Å². The number of hydrogen-bond acceptors (Lipinski definition) is 5. The summed E-state index contributed by atoms with van der Waals surface area (Å²) in [7, 11) is 0. The molecule has 0 bridgehead atoms. The first-order valence-electron chi connectivity index (χ1n) is 23.5. The lowest BCUT2D eigenvalue weighted by Gasteiger charge is -2.41. The first-order chi connectivity index (χ1) is 34.6. The number of aromatic nitrogens is 3. The van der Waals surface area contributed by atoms with Gasteiger partial charge in [0, 0.05) is 27.8 Å². The van der Waals surface area contributed by atoms with Gasteiger partial charge in [0.25, 0.3) is 0 Å². The molecule has 0 radical (unpaired) electrons. The first kappa shape index (κ1) is 40.7. The summed E-state index contributed by atoms with van der Waals surface area (Å²) in [6.45, 7) is 0. The van der Waals surface area contributed by atoms with Crippen molar-refractivity contribution in [2.75, 3.05) is 0 Å². The van der Waals surface area contributed by atoms with E-state index in [1.165, 1.54) is 38.1 Å². The van der Waals surface area contributed by atoms with E-state index in [9.17, 15) is 5.26 Å². The van der Waals surface area contributed by atoms with E-state index in [-0.39, 0.29) is 0 Å². The fourth-order valence-electron chi connectivity index (χ4n) is 10.6. The minimum absolute atomic E-state index is 0.529. The third-order valence-corrected chi connectivity index (χ3v) is 13.9. The molecule has 0 unspecified atom stereocenters. The molecular formula is C65H40N4O. The van der Waals surface area contributed by atoms with Gasteiger partial charge in [-0.15, -0.1) is 0 Å². The Morgan fingerprint density at radius 3 is 1.34 bits per heavy atom. The molecule has 1 aliphatic rings. The van der Waals surface area contributed by atoms with Crippen molar-refractivity contribution in [2.24, 2.45) is 0 Å². The molecule has 5 heteroatoms. The molecule has 2 heterocycles. The van der Waals surface area contributed by atoms with Gasteiger partial charge in [0.05, 0.1) is 17.0 Å². The summed E-state index contributed by atoms with van der Waals surface area (Å²) < 4.78 is 6.72. The third kappa shape index (κ3) is 6.73. The Bertz CT molecular complexity index is 3970. The number of rotatable bonds is 7. The van der Waals surface area contributed by atoms with Gasteiger partial charge in [-0.2, -0.15) is 5.26 Å². The summed E-state index contributed by atoms with van der Waals surface area (Å²) in [6.07, 6.45) is 0. The van der Waals surface area contributed by atoms with Crippen molar-refractivity contribution in [3.8, 4) is 74.0 Å². The molecule has 0 N–H and O–H groups in total. The number of benzene rings is 11. The topological polar surface area (TPSA) is 71.7 Å². The second-order valence-corrected chi connectivity index (χ2v) is 17.8. The van der Waals surface area contributed by atoms with Crippen LogP contribution in [-0.4, -0.2) is 15.0 Å². The smallest absolute Gasteiger partial charge is 0.164 e. The van der Waals surface area contributed by atoms with Crippen molar-refractivity contribution >= 4 is 32.3 Å². The quantitative estimate of drug-likeness (QED) is 0.149. The predicted octanol–water partition coefficient (Wildman–Crippen LogP) is 16.0. The van der Waals surface area contributed by atoms with E-state index in [4.69, 9.17) is 19.7 Å². The molecule has 0 atom stereocenters. The van der Waals surface area contributed by atoms with E-state index in [0.29, 0.717) is 23.0 Å². The molecule has 5 nitrogen and oxygen atoms in total. The summed E-state index contributed by atoms with van der Waals surface area (Å²) in [4.78, 5) is 15.4. The van der Waals surface area contributed by atoms with Crippen molar-refractivity contribution in [3.63, 3.8) is 0 Å². The summed E-state index contributed by atoms with van der Waals surface area (Å²) in [5.41, 5.74) is 11.3. The number of hydrogen-bond donors (Lipinski definition) is 0. The molecule has 0 aliphatic carbocycles. The monoisotopic (exact) mass is 892 g/mol. The Morgan fingerprint density at radius 2 is 0.743 bits per heavy atom. The maximum Gasteiger partial charge on any atom is 0.164 e. The molecular weight excluding hydrogens is 853 g/mol. The second kappa shape index (κ2) is 16.7. The average molecular weight is 893 g/mol. The molecule has 0 spiro atoms. The van der Waals surface area contributed by atoms with Crippen molar-refractivity contribution < 1.29 is 4.74 Å². The standard InChI is InChI=1S/C65H40N4O/c66-41-42-29-31-43(32-30-42)62-67-63(69-64(68-62)49-33-35-56-54-25-8-7-23-52(54)53-24-9-10-26-55(53)57(56)39-49)48-18-14-17-46(38-48)44-15-13-16-45(37-44)47-34-36-61-59(40-47)65(50-19-3-1-4-20-50,51-21-5-2-6-22-51)58-27-11-12-28-60(58)70-61/h1-40H. The molecule has 1 aromatic heterocycles. The van der Waals surface area contributed by atoms with Crippen LogP contribution < -0.4 is 4.74 Å². The van der Waals surface area contributed by atoms with E-state index >= 15 is 0 Å². The minimum atomic E-state index is -0.621. The van der Waals surface area contributed by atoms with Crippen LogP contribution >= 0.6 is 0 Å². The number of nitriles is 1. The van der Waals surface area contributed by atoms with E-state index in [1.54, 1.807) is 12.1 Å². The molecule has 1 aliphatic heterocycles. The fraction of sp³-hybridized carbons (Fsp3) is 0.0154. The Kier molecular flexibility index (Phi) is 9.71. The van der Waals surface area contributed by atoms with Crippen molar-refractivity contribution in [1.82, 2.24) is 15.0 Å². The summed E-state index contributed by atoms with van der Waals surface area (Å²) >= 11 is 0. The molecule has 0 saturated heterocycles. The summed E-state index contributed by atoms with van der Waals surface area (Å²) in [5.74, 6) is 3.34. The zero-order valence-corrected chi connectivity index (χ0v) is 37.8. The average Bonchev–Trinajstić information content (AvgIpc) is 3.45. The predicted molar refractivity (Wildman–Crippen MR) is 283 cm³/mol.